The zero-order chi connectivity index (χ0) is 36.6. The van der Waals surface area contributed by atoms with Crippen LogP contribution in [0.1, 0.15) is 0 Å². The molecule has 0 saturated heterocycles. The Morgan fingerprint density at radius 2 is 0.709 bits per heavy atom. The molecule has 10 aromatic rings. The lowest BCUT2D eigenvalue weighted by atomic mass is 9.92. The molecule has 55 heavy (non-hydrogen) atoms. The van der Waals surface area contributed by atoms with Crippen molar-refractivity contribution in [3.8, 4) is 78.7 Å². The fourth-order valence-electron chi connectivity index (χ4n) is 7.42. The second-order valence-corrected chi connectivity index (χ2v) is 13.6. The van der Waals surface area contributed by atoms with Crippen LogP contribution < -0.4 is 0 Å². The van der Waals surface area contributed by atoms with E-state index in [-0.39, 0.29) is 0 Å². The van der Waals surface area contributed by atoms with Gasteiger partial charge in [-0.25, -0.2) is 15.0 Å². The molecule has 4 nitrogen and oxygen atoms in total. The molecule has 2 aromatic heterocycles. The van der Waals surface area contributed by atoms with Crippen molar-refractivity contribution in [1.82, 2.24) is 15.0 Å². The van der Waals surface area contributed by atoms with E-state index < -0.39 is 0 Å². The van der Waals surface area contributed by atoms with E-state index in [0.29, 0.717) is 17.5 Å². The van der Waals surface area contributed by atoms with Crippen LogP contribution >= 0.6 is 0 Å². The van der Waals surface area contributed by atoms with Crippen LogP contribution in [-0.2, 0) is 0 Å². The summed E-state index contributed by atoms with van der Waals surface area (Å²) in [7, 11) is 0. The van der Waals surface area contributed by atoms with Crippen LogP contribution in [-0.4, -0.2) is 15.0 Å². The van der Waals surface area contributed by atoms with E-state index in [1.807, 2.05) is 72.8 Å². The molecule has 0 aliphatic heterocycles. The van der Waals surface area contributed by atoms with Crippen molar-refractivity contribution < 1.29 is 4.42 Å². The van der Waals surface area contributed by atoms with Gasteiger partial charge in [0.25, 0.3) is 0 Å². The van der Waals surface area contributed by atoms with Gasteiger partial charge in [-0.3, -0.25) is 0 Å². The first-order valence-electron chi connectivity index (χ1n) is 18.4. The van der Waals surface area contributed by atoms with Crippen molar-refractivity contribution in [2.45, 2.75) is 0 Å². The Hall–Kier alpha value is -7.43. The molecular weight excluding hydrogens is 671 g/mol. The van der Waals surface area contributed by atoms with Gasteiger partial charge in [0.05, 0.1) is 5.56 Å². The molecule has 10 rings (SSSR count). The topological polar surface area (TPSA) is 51.8 Å². The highest BCUT2D eigenvalue weighted by Crippen LogP contribution is 2.41. The Morgan fingerprint density at radius 1 is 0.291 bits per heavy atom. The van der Waals surface area contributed by atoms with Crippen molar-refractivity contribution >= 4 is 21.9 Å². The predicted octanol–water partition coefficient (Wildman–Crippen LogP) is 13.4. The third kappa shape index (κ3) is 6.16. The maximum Gasteiger partial charge on any atom is 0.167 e. The monoisotopic (exact) mass is 703 g/mol. The van der Waals surface area contributed by atoms with Crippen LogP contribution in [0.15, 0.2) is 205 Å². The minimum absolute atomic E-state index is 0.566. The lowest BCUT2D eigenvalue weighted by molar-refractivity contribution is 0.669. The smallest absolute Gasteiger partial charge is 0.167 e. The molecule has 0 atom stereocenters. The molecular formula is C51H33N3O. The number of nitrogens with zero attached hydrogens (tertiary/aromatic N) is 3. The first-order valence-corrected chi connectivity index (χ1v) is 18.4. The van der Waals surface area contributed by atoms with Gasteiger partial charge in [-0.2, -0.15) is 0 Å². The van der Waals surface area contributed by atoms with E-state index in [1.165, 1.54) is 27.8 Å². The molecule has 0 spiro atoms. The summed E-state index contributed by atoms with van der Waals surface area (Å²) >= 11 is 0. The summed E-state index contributed by atoms with van der Waals surface area (Å²) in [5.41, 5.74) is 13.5. The second-order valence-electron chi connectivity index (χ2n) is 13.6. The minimum atomic E-state index is 0.566. The highest BCUT2D eigenvalue weighted by Gasteiger charge is 2.19. The Labute approximate surface area is 319 Å². The van der Waals surface area contributed by atoms with Crippen molar-refractivity contribution in [2.75, 3.05) is 0 Å². The van der Waals surface area contributed by atoms with Crippen molar-refractivity contribution in [1.29, 1.82) is 0 Å². The molecule has 258 valence electrons. The van der Waals surface area contributed by atoms with E-state index in [0.717, 1.165) is 55.3 Å². The largest absolute Gasteiger partial charge is 0.455 e. The first kappa shape index (κ1) is 32.2. The Bertz CT molecular complexity index is 2820. The quantitative estimate of drug-likeness (QED) is 0.166. The van der Waals surface area contributed by atoms with Gasteiger partial charge in [0.15, 0.2) is 17.5 Å². The highest BCUT2D eigenvalue weighted by atomic mass is 16.3. The van der Waals surface area contributed by atoms with E-state index in [2.05, 4.69) is 127 Å². The summed E-state index contributed by atoms with van der Waals surface area (Å²) in [6.45, 7) is 0. The number of rotatable bonds is 7. The number of furan rings is 1. The minimum Gasteiger partial charge on any atom is -0.455 e. The fourth-order valence-corrected chi connectivity index (χ4v) is 7.42. The number of aromatic nitrogens is 3. The molecule has 0 aliphatic carbocycles. The van der Waals surface area contributed by atoms with Crippen LogP contribution in [0.5, 0.6) is 0 Å². The van der Waals surface area contributed by atoms with Gasteiger partial charge in [-0.15, -0.1) is 0 Å². The number of hydrogen-bond donors (Lipinski definition) is 0. The summed E-state index contributed by atoms with van der Waals surface area (Å²) in [6.07, 6.45) is 0. The Kier molecular flexibility index (Phi) is 8.12. The van der Waals surface area contributed by atoms with Crippen molar-refractivity contribution in [3.63, 3.8) is 0 Å². The zero-order valence-electron chi connectivity index (χ0n) is 29.8. The van der Waals surface area contributed by atoms with Crippen LogP contribution in [0.3, 0.4) is 0 Å². The zero-order valence-corrected chi connectivity index (χ0v) is 29.8. The van der Waals surface area contributed by atoms with E-state index in [4.69, 9.17) is 19.4 Å². The predicted molar refractivity (Wildman–Crippen MR) is 225 cm³/mol. The van der Waals surface area contributed by atoms with E-state index >= 15 is 0 Å². The van der Waals surface area contributed by atoms with Crippen molar-refractivity contribution in [2.24, 2.45) is 0 Å². The number of fused-ring (bicyclic) bond motifs is 3. The molecule has 0 fully saturated rings. The Morgan fingerprint density at radius 3 is 1.24 bits per heavy atom. The maximum absolute atomic E-state index is 6.69. The highest BCUT2D eigenvalue weighted by molar-refractivity contribution is 6.15. The summed E-state index contributed by atoms with van der Waals surface area (Å²) in [5.74, 6) is 1.79. The summed E-state index contributed by atoms with van der Waals surface area (Å²) in [6, 6.07) is 69.5. The molecule has 0 saturated carbocycles. The van der Waals surface area contributed by atoms with Crippen LogP contribution in [0.4, 0.5) is 0 Å². The van der Waals surface area contributed by atoms with Crippen LogP contribution in [0.25, 0.3) is 101 Å². The molecule has 0 amide bonds. The molecule has 0 unspecified atom stereocenters. The van der Waals surface area contributed by atoms with E-state index in [9.17, 15) is 0 Å². The summed E-state index contributed by atoms with van der Waals surface area (Å²) in [5, 5.41) is 2.07. The lowest BCUT2D eigenvalue weighted by Gasteiger charge is -2.12. The van der Waals surface area contributed by atoms with Gasteiger partial charge < -0.3 is 4.42 Å². The van der Waals surface area contributed by atoms with Crippen LogP contribution in [0.2, 0.25) is 0 Å². The van der Waals surface area contributed by atoms with Gasteiger partial charge in [0, 0.05) is 21.9 Å². The number of para-hydroxylation sites is 1. The molecule has 0 aliphatic rings. The van der Waals surface area contributed by atoms with Gasteiger partial charge in [-0.05, 0) is 74.8 Å². The SMILES string of the molecule is c1ccc(-c2cc(-c3ccccc3)cc(-c3ccc(-c4cccc5oc6c(-c7nc(-c8ccccc8)nc(-c8ccccc8)n7)cccc6c45)cc3)c2)cc1. The Balaban J connectivity index is 1.08. The van der Waals surface area contributed by atoms with Gasteiger partial charge in [0.2, 0.25) is 0 Å². The summed E-state index contributed by atoms with van der Waals surface area (Å²) < 4.78 is 6.69. The molecule has 2 heterocycles. The molecule has 4 heteroatoms. The number of benzene rings is 8. The third-order valence-electron chi connectivity index (χ3n) is 10.1. The normalized spacial score (nSPS) is 11.3. The molecule has 0 N–H and O–H groups in total. The summed E-state index contributed by atoms with van der Waals surface area (Å²) in [4.78, 5) is 14.9. The van der Waals surface area contributed by atoms with E-state index in [1.54, 1.807) is 0 Å². The molecule has 0 radical (unpaired) electrons. The molecule has 8 aromatic carbocycles. The first-order chi connectivity index (χ1) is 27.2. The number of hydrogen-bond acceptors (Lipinski definition) is 4. The fraction of sp³-hybridized carbons (Fsp3) is 0. The second kappa shape index (κ2) is 13.8. The van der Waals surface area contributed by atoms with Crippen LogP contribution in [0, 0.1) is 0 Å². The average Bonchev–Trinajstić information content (AvgIpc) is 3.67. The lowest BCUT2D eigenvalue weighted by Crippen LogP contribution is -2.00. The van der Waals surface area contributed by atoms with Gasteiger partial charge in [0.1, 0.15) is 11.2 Å². The molecule has 0 bridgehead atoms. The van der Waals surface area contributed by atoms with Gasteiger partial charge in [-0.1, -0.05) is 170 Å². The standard InChI is InChI=1S/C51H33N3O/c1-5-15-34(16-6-1)40-31-41(35-17-7-2-8-18-35)33-42(32-40)36-27-29-37(30-28-36)43-23-14-26-46-47(43)44-24-13-25-45(48(44)55-46)51-53-49(38-19-9-3-10-20-38)52-50(54-51)39-21-11-4-12-22-39/h1-33H. The average molecular weight is 704 g/mol. The van der Waals surface area contributed by atoms with Crippen molar-refractivity contribution in [3.05, 3.63) is 200 Å². The third-order valence-corrected chi connectivity index (χ3v) is 10.1. The maximum atomic E-state index is 6.69. The van der Waals surface area contributed by atoms with Gasteiger partial charge >= 0.3 is 0 Å².